The first-order valence-corrected chi connectivity index (χ1v) is 6.61. The van der Waals surface area contributed by atoms with Crippen molar-refractivity contribution >= 4 is 11.6 Å². The van der Waals surface area contributed by atoms with Gasteiger partial charge in [0.2, 0.25) is 11.8 Å². The van der Waals surface area contributed by atoms with Crippen molar-refractivity contribution in [2.75, 3.05) is 5.73 Å². The highest BCUT2D eigenvalue weighted by atomic mass is 16.4. The molecule has 1 aromatic carbocycles. The van der Waals surface area contributed by atoms with Crippen LogP contribution in [-0.4, -0.2) is 10.9 Å². The smallest absolute Gasteiger partial charge is 0.220 e. The maximum absolute atomic E-state index is 11.9. The van der Waals surface area contributed by atoms with E-state index < -0.39 is 0 Å². The molecule has 0 radical (unpaired) electrons. The van der Waals surface area contributed by atoms with Crippen LogP contribution in [0.5, 0.6) is 0 Å². The van der Waals surface area contributed by atoms with Gasteiger partial charge in [-0.15, -0.1) is 0 Å². The molecular weight excluding hydrogens is 254 g/mol. The van der Waals surface area contributed by atoms with E-state index in [1.165, 1.54) is 0 Å². The highest BCUT2D eigenvalue weighted by molar-refractivity contribution is 5.76. The van der Waals surface area contributed by atoms with Crippen molar-refractivity contribution in [2.24, 2.45) is 0 Å². The Kier molecular flexibility index (Phi) is 4.40. The number of nitrogen functional groups attached to an aromatic ring is 1. The van der Waals surface area contributed by atoms with E-state index >= 15 is 0 Å². The van der Waals surface area contributed by atoms with Crippen molar-refractivity contribution in [3.8, 4) is 0 Å². The zero-order chi connectivity index (χ0) is 14.5. The number of nitrogens with two attached hydrogens (primary N) is 1. The van der Waals surface area contributed by atoms with E-state index in [4.69, 9.17) is 10.2 Å². The summed E-state index contributed by atoms with van der Waals surface area (Å²) >= 11 is 0. The topological polar surface area (TPSA) is 81.2 Å². The maximum atomic E-state index is 11.9. The molecule has 0 fully saturated rings. The van der Waals surface area contributed by atoms with Crippen molar-refractivity contribution in [1.29, 1.82) is 0 Å². The van der Waals surface area contributed by atoms with Gasteiger partial charge in [0.05, 0.1) is 6.20 Å². The maximum Gasteiger partial charge on any atom is 0.220 e. The molecule has 0 aliphatic carbocycles. The third-order valence-electron chi connectivity index (χ3n) is 3.06. The highest BCUT2D eigenvalue weighted by Gasteiger charge is 2.14. The fourth-order valence-electron chi connectivity index (χ4n) is 1.96. The van der Waals surface area contributed by atoms with E-state index in [-0.39, 0.29) is 11.9 Å². The van der Waals surface area contributed by atoms with Gasteiger partial charge < -0.3 is 15.5 Å². The van der Waals surface area contributed by atoms with Gasteiger partial charge in [-0.25, -0.2) is 4.98 Å². The molecule has 0 spiro atoms. The number of para-hydroxylation sites is 1. The van der Waals surface area contributed by atoms with Crippen LogP contribution >= 0.6 is 0 Å². The van der Waals surface area contributed by atoms with Gasteiger partial charge >= 0.3 is 0 Å². The summed E-state index contributed by atoms with van der Waals surface area (Å²) in [5, 5.41) is 2.86. The molecule has 2 aromatic rings. The minimum atomic E-state index is -0.232. The predicted molar refractivity (Wildman–Crippen MR) is 77.0 cm³/mol. The molecule has 0 saturated heterocycles. The Morgan fingerprint density at radius 1 is 1.45 bits per heavy atom. The summed E-state index contributed by atoms with van der Waals surface area (Å²) in [4.78, 5) is 16.0. The van der Waals surface area contributed by atoms with E-state index in [1.807, 2.05) is 38.1 Å². The Balaban J connectivity index is 1.85. The lowest BCUT2D eigenvalue weighted by molar-refractivity contribution is -0.121. The van der Waals surface area contributed by atoms with Gasteiger partial charge in [-0.1, -0.05) is 18.2 Å². The van der Waals surface area contributed by atoms with Crippen LogP contribution in [0.3, 0.4) is 0 Å². The monoisotopic (exact) mass is 273 g/mol. The first-order valence-electron chi connectivity index (χ1n) is 6.61. The number of hydrogen-bond acceptors (Lipinski definition) is 4. The number of oxazole rings is 1. The molecule has 0 aliphatic rings. The van der Waals surface area contributed by atoms with Crippen molar-refractivity contribution in [3.05, 3.63) is 47.7 Å². The normalized spacial score (nSPS) is 12.1. The summed E-state index contributed by atoms with van der Waals surface area (Å²) in [5.41, 5.74) is 7.55. The molecule has 1 atom stereocenters. The lowest BCUT2D eigenvalue weighted by atomic mass is 10.1. The molecule has 106 valence electrons. The highest BCUT2D eigenvalue weighted by Crippen LogP contribution is 2.14. The minimum absolute atomic E-state index is 0.0448. The van der Waals surface area contributed by atoms with Gasteiger partial charge in [0.15, 0.2) is 0 Å². The van der Waals surface area contributed by atoms with E-state index in [1.54, 1.807) is 6.20 Å². The van der Waals surface area contributed by atoms with Crippen LogP contribution in [0.25, 0.3) is 0 Å². The summed E-state index contributed by atoms with van der Waals surface area (Å²) in [6.45, 7) is 3.67. The predicted octanol–water partition coefficient (Wildman–Crippen LogP) is 2.38. The third-order valence-corrected chi connectivity index (χ3v) is 3.06. The number of nitrogens with one attached hydrogen (secondary N) is 1. The van der Waals surface area contributed by atoms with Crippen molar-refractivity contribution in [3.63, 3.8) is 0 Å². The minimum Gasteiger partial charge on any atom is -0.444 e. The number of aromatic nitrogens is 1. The van der Waals surface area contributed by atoms with Gasteiger partial charge in [-0.3, -0.25) is 4.79 Å². The summed E-state index contributed by atoms with van der Waals surface area (Å²) in [5.74, 6) is 1.21. The Morgan fingerprint density at radius 3 is 2.85 bits per heavy atom. The number of amides is 1. The summed E-state index contributed by atoms with van der Waals surface area (Å²) in [6, 6.07) is 7.34. The van der Waals surface area contributed by atoms with Gasteiger partial charge in [-0.2, -0.15) is 0 Å². The molecule has 1 aromatic heterocycles. The van der Waals surface area contributed by atoms with Crippen molar-refractivity contribution < 1.29 is 9.21 Å². The van der Waals surface area contributed by atoms with Crippen molar-refractivity contribution in [1.82, 2.24) is 10.3 Å². The number of hydrogen-bond donors (Lipinski definition) is 2. The van der Waals surface area contributed by atoms with Crippen molar-refractivity contribution in [2.45, 2.75) is 32.7 Å². The molecule has 5 heteroatoms. The first-order chi connectivity index (χ1) is 9.56. The number of rotatable bonds is 5. The Labute approximate surface area is 118 Å². The second-order valence-electron chi connectivity index (χ2n) is 4.80. The number of anilines is 1. The van der Waals surface area contributed by atoms with Crippen LogP contribution in [0, 0.1) is 6.92 Å². The standard InChI is InChI=1S/C15H19N3O2/c1-10-9-17-15(20-10)11(2)18-14(19)8-7-12-5-3-4-6-13(12)16/h3-6,9,11H,7-8,16H2,1-2H3,(H,18,19). The largest absolute Gasteiger partial charge is 0.444 e. The van der Waals surface area contributed by atoms with Gasteiger partial charge in [0.1, 0.15) is 11.8 Å². The molecule has 0 bridgehead atoms. The van der Waals surface area contributed by atoms with Gasteiger partial charge in [0, 0.05) is 12.1 Å². The van der Waals surface area contributed by atoms with Crippen LogP contribution in [0.1, 0.15) is 36.6 Å². The number of aryl methyl sites for hydroxylation is 2. The number of benzene rings is 1. The van der Waals surface area contributed by atoms with Crippen LogP contribution in [-0.2, 0) is 11.2 Å². The summed E-state index contributed by atoms with van der Waals surface area (Å²) in [6.07, 6.45) is 2.65. The Hall–Kier alpha value is -2.30. The van der Waals surface area contributed by atoms with E-state index in [9.17, 15) is 4.79 Å². The molecule has 5 nitrogen and oxygen atoms in total. The zero-order valence-electron chi connectivity index (χ0n) is 11.7. The Bertz CT molecular complexity index is 592. The van der Waals surface area contributed by atoms with Gasteiger partial charge in [0.25, 0.3) is 0 Å². The zero-order valence-corrected chi connectivity index (χ0v) is 11.7. The molecule has 0 aliphatic heterocycles. The summed E-state index contributed by atoms with van der Waals surface area (Å²) in [7, 11) is 0. The van der Waals surface area contributed by atoms with Gasteiger partial charge in [-0.05, 0) is 31.9 Å². The second-order valence-corrected chi connectivity index (χ2v) is 4.80. The fraction of sp³-hybridized carbons (Fsp3) is 0.333. The Morgan fingerprint density at radius 2 is 2.20 bits per heavy atom. The second kappa shape index (κ2) is 6.23. The lowest BCUT2D eigenvalue weighted by Crippen LogP contribution is -2.27. The molecule has 20 heavy (non-hydrogen) atoms. The molecule has 2 rings (SSSR count). The number of carbonyl (C=O) groups excluding carboxylic acids is 1. The fourth-order valence-corrected chi connectivity index (χ4v) is 1.96. The van der Waals surface area contributed by atoms with Crippen LogP contribution in [0.15, 0.2) is 34.9 Å². The number of carbonyl (C=O) groups is 1. The molecule has 1 heterocycles. The SMILES string of the molecule is Cc1cnc(C(C)NC(=O)CCc2ccccc2N)o1. The number of nitrogens with zero attached hydrogens (tertiary/aromatic N) is 1. The third kappa shape index (κ3) is 3.60. The quantitative estimate of drug-likeness (QED) is 0.819. The van der Waals surface area contributed by atoms with E-state index in [0.29, 0.717) is 18.7 Å². The van der Waals surface area contributed by atoms with E-state index in [0.717, 1.165) is 17.0 Å². The molecule has 3 N–H and O–H groups in total. The van der Waals surface area contributed by atoms with Crippen LogP contribution in [0.4, 0.5) is 5.69 Å². The first kappa shape index (κ1) is 14.1. The molecule has 0 saturated carbocycles. The summed E-state index contributed by atoms with van der Waals surface area (Å²) < 4.78 is 5.38. The average molecular weight is 273 g/mol. The van der Waals surface area contributed by atoms with Crippen LogP contribution in [0.2, 0.25) is 0 Å². The average Bonchev–Trinajstić information content (AvgIpc) is 2.84. The molecule has 1 unspecified atom stereocenters. The van der Waals surface area contributed by atoms with Crippen LogP contribution < -0.4 is 11.1 Å². The van der Waals surface area contributed by atoms with E-state index in [2.05, 4.69) is 10.3 Å². The molecule has 1 amide bonds. The lowest BCUT2D eigenvalue weighted by Gasteiger charge is -2.11. The molecular formula is C15H19N3O2.